The number of fused-ring (bicyclic) bond motifs is 1. The Labute approximate surface area is 188 Å². The van der Waals surface area contributed by atoms with Crippen LogP contribution in [-0.4, -0.2) is 51.4 Å². The average molecular weight is 439 g/mol. The van der Waals surface area contributed by atoms with Gasteiger partial charge in [-0.2, -0.15) is 0 Å². The largest absolute Gasteiger partial charge is 0.497 e. The summed E-state index contributed by atoms with van der Waals surface area (Å²) in [4.78, 5) is 7.55. The van der Waals surface area contributed by atoms with E-state index in [2.05, 4.69) is 32.7 Å². The average Bonchev–Trinajstić information content (AvgIpc) is 3.23. The molecule has 4 rings (SSSR count). The van der Waals surface area contributed by atoms with Gasteiger partial charge in [0.25, 0.3) is 0 Å². The Morgan fingerprint density at radius 3 is 2.66 bits per heavy atom. The predicted octanol–water partition coefficient (Wildman–Crippen LogP) is 3.77. The number of hydrogen-bond donors (Lipinski definition) is 3. The van der Waals surface area contributed by atoms with E-state index in [0.29, 0.717) is 0 Å². The number of H-pyrrole nitrogens is 1. The number of aromatic amines is 1. The number of aromatic nitrogens is 1. The molecule has 1 saturated heterocycles. The predicted molar refractivity (Wildman–Crippen MR) is 126 cm³/mol. The molecule has 2 heterocycles. The molecular formula is C25H31FN4O2. The van der Waals surface area contributed by atoms with Crippen molar-refractivity contribution in [3.63, 3.8) is 0 Å². The van der Waals surface area contributed by atoms with Crippen molar-refractivity contribution < 1.29 is 13.9 Å². The Hall–Kier alpha value is -3.06. The maximum atomic E-state index is 13.4. The molecule has 3 N–H and O–H groups in total. The zero-order valence-electron chi connectivity index (χ0n) is 18.7. The number of aliphatic imine (C=N–C) groups is 1. The Balaban J connectivity index is 1.37. The van der Waals surface area contributed by atoms with Gasteiger partial charge in [0.05, 0.1) is 7.11 Å². The first kappa shape index (κ1) is 22.1. The topological polar surface area (TPSA) is 70.7 Å². The van der Waals surface area contributed by atoms with Crippen LogP contribution in [0.25, 0.3) is 10.9 Å². The van der Waals surface area contributed by atoms with Crippen LogP contribution in [0.2, 0.25) is 0 Å². The zero-order valence-corrected chi connectivity index (χ0v) is 18.7. The highest BCUT2D eigenvalue weighted by molar-refractivity contribution is 5.83. The van der Waals surface area contributed by atoms with Gasteiger partial charge in [0.1, 0.15) is 11.6 Å². The first-order valence-corrected chi connectivity index (χ1v) is 11.1. The lowest BCUT2D eigenvalue weighted by Crippen LogP contribution is -2.48. The van der Waals surface area contributed by atoms with Crippen LogP contribution in [0.4, 0.5) is 4.39 Å². The minimum Gasteiger partial charge on any atom is -0.497 e. The van der Waals surface area contributed by atoms with Crippen molar-refractivity contribution in [2.45, 2.75) is 24.7 Å². The van der Waals surface area contributed by atoms with Gasteiger partial charge in [0.2, 0.25) is 0 Å². The Bertz CT molecular complexity index is 1060. The summed E-state index contributed by atoms with van der Waals surface area (Å²) in [5.74, 6) is 1.41. The third-order valence-electron chi connectivity index (χ3n) is 6.39. The first-order valence-electron chi connectivity index (χ1n) is 11.1. The number of halogens is 1. The van der Waals surface area contributed by atoms with Crippen LogP contribution in [0.15, 0.2) is 53.7 Å². The molecule has 1 aromatic heterocycles. The molecule has 2 aromatic carbocycles. The molecule has 0 saturated carbocycles. The van der Waals surface area contributed by atoms with Crippen molar-refractivity contribution in [3.05, 3.63) is 65.6 Å². The van der Waals surface area contributed by atoms with Crippen molar-refractivity contribution in [1.29, 1.82) is 0 Å². The maximum Gasteiger partial charge on any atom is 0.191 e. The fraction of sp³-hybridized carbons (Fsp3) is 0.400. The molecule has 3 aromatic rings. The minimum atomic E-state index is -0.229. The summed E-state index contributed by atoms with van der Waals surface area (Å²) in [6.45, 7) is 3.00. The molecule has 0 radical (unpaired) electrons. The van der Waals surface area contributed by atoms with Gasteiger partial charge in [-0.1, -0.05) is 12.1 Å². The Kier molecular flexibility index (Phi) is 6.95. The minimum absolute atomic E-state index is 0.0109. The maximum absolute atomic E-state index is 13.4. The number of guanidine groups is 1. The number of nitrogens with zero attached hydrogens (tertiary/aromatic N) is 1. The highest BCUT2D eigenvalue weighted by Crippen LogP contribution is 2.35. The lowest BCUT2D eigenvalue weighted by atomic mass is 9.74. The van der Waals surface area contributed by atoms with Gasteiger partial charge in [-0.3, -0.25) is 4.99 Å². The van der Waals surface area contributed by atoms with Crippen molar-refractivity contribution in [2.75, 3.05) is 40.5 Å². The van der Waals surface area contributed by atoms with Gasteiger partial charge < -0.3 is 25.1 Å². The summed E-state index contributed by atoms with van der Waals surface area (Å²) < 4.78 is 24.4. The van der Waals surface area contributed by atoms with Crippen molar-refractivity contribution in [2.24, 2.45) is 4.99 Å². The first-order chi connectivity index (χ1) is 15.6. The smallest absolute Gasteiger partial charge is 0.191 e. The number of ether oxygens (including phenoxy) is 2. The van der Waals surface area contributed by atoms with Crippen LogP contribution < -0.4 is 15.4 Å². The van der Waals surface area contributed by atoms with Gasteiger partial charge in [-0.05, 0) is 60.7 Å². The fourth-order valence-corrected chi connectivity index (χ4v) is 4.43. The number of hydrogen-bond acceptors (Lipinski definition) is 3. The molecule has 0 bridgehead atoms. The SMILES string of the molecule is CN=C(NCCc1c[nH]c2cc(F)ccc12)NCC1(c2ccc(OC)cc2)CCOCC1. The van der Waals surface area contributed by atoms with Crippen LogP contribution in [0.1, 0.15) is 24.0 Å². The molecule has 1 aliphatic rings. The molecule has 170 valence electrons. The quantitative estimate of drug-likeness (QED) is 0.388. The van der Waals surface area contributed by atoms with Crippen LogP contribution in [0.3, 0.4) is 0 Å². The van der Waals surface area contributed by atoms with E-state index in [0.717, 1.165) is 73.7 Å². The monoisotopic (exact) mass is 438 g/mol. The van der Waals surface area contributed by atoms with E-state index in [9.17, 15) is 4.39 Å². The third kappa shape index (κ3) is 4.88. The summed E-state index contributed by atoms with van der Waals surface area (Å²) in [6, 6.07) is 13.2. The van der Waals surface area contributed by atoms with Crippen LogP contribution in [0.5, 0.6) is 5.75 Å². The summed E-state index contributed by atoms with van der Waals surface area (Å²) in [6.07, 6.45) is 4.66. The van der Waals surface area contributed by atoms with E-state index < -0.39 is 0 Å². The second-order valence-electron chi connectivity index (χ2n) is 8.23. The van der Waals surface area contributed by atoms with E-state index >= 15 is 0 Å². The normalized spacial score (nSPS) is 16.2. The second-order valence-corrected chi connectivity index (χ2v) is 8.23. The second kappa shape index (κ2) is 10.0. The molecule has 0 atom stereocenters. The van der Waals surface area contributed by atoms with E-state index in [4.69, 9.17) is 9.47 Å². The summed E-state index contributed by atoms with van der Waals surface area (Å²) >= 11 is 0. The van der Waals surface area contributed by atoms with Gasteiger partial charge in [-0.15, -0.1) is 0 Å². The molecule has 0 unspecified atom stereocenters. The standard InChI is InChI=1S/C25H31FN4O2/c1-27-24(28-12-9-18-16-29-23-15-20(26)5-8-22(18)23)30-17-25(10-13-32-14-11-25)19-3-6-21(31-2)7-4-19/h3-8,15-16,29H,9-14,17H2,1-2H3,(H2,27,28,30). The highest BCUT2D eigenvalue weighted by Gasteiger charge is 2.34. The lowest BCUT2D eigenvalue weighted by molar-refractivity contribution is 0.0513. The van der Waals surface area contributed by atoms with Crippen LogP contribution in [-0.2, 0) is 16.6 Å². The van der Waals surface area contributed by atoms with E-state index in [1.165, 1.54) is 17.7 Å². The highest BCUT2D eigenvalue weighted by atomic mass is 19.1. The lowest BCUT2D eigenvalue weighted by Gasteiger charge is -2.38. The molecule has 7 heteroatoms. The third-order valence-corrected chi connectivity index (χ3v) is 6.39. The number of methoxy groups -OCH3 is 1. The molecular weight excluding hydrogens is 407 g/mol. The summed E-state index contributed by atoms with van der Waals surface area (Å²) in [7, 11) is 3.47. The van der Waals surface area contributed by atoms with Gasteiger partial charge in [0, 0.05) is 55.9 Å². The fourth-order valence-electron chi connectivity index (χ4n) is 4.43. The van der Waals surface area contributed by atoms with Gasteiger partial charge >= 0.3 is 0 Å². The van der Waals surface area contributed by atoms with E-state index in [-0.39, 0.29) is 11.2 Å². The van der Waals surface area contributed by atoms with E-state index in [1.807, 2.05) is 24.4 Å². The molecule has 0 aliphatic carbocycles. The number of nitrogens with one attached hydrogen (secondary N) is 3. The number of benzene rings is 2. The summed E-state index contributed by atoms with van der Waals surface area (Å²) in [5, 5.41) is 7.99. The molecule has 6 nitrogen and oxygen atoms in total. The molecule has 32 heavy (non-hydrogen) atoms. The number of rotatable bonds is 7. The Morgan fingerprint density at radius 1 is 1.16 bits per heavy atom. The summed E-state index contributed by atoms with van der Waals surface area (Å²) in [5.41, 5.74) is 3.25. The van der Waals surface area contributed by atoms with Crippen LogP contribution in [0, 0.1) is 5.82 Å². The van der Waals surface area contributed by atoms with Gasteiger partial charge in [-0.25, -0.2) is 4.39 Å². The molecule has 0 amide bonds. The zero-order chi connectivity index (χ0) is 22.4. The van der Waals surface area contributed by atoms with Gasteiger partial charge in [0.15, 0.2) is 5.96 Å². The molecule has 0 spiro atoms. The Morgan fingerprint density at radius 2 is 1.94 bits per heavy atom. The van der Waals surface area contributed by atoms with Crippen molar-refractivity contribution in [1.82, 2.24) is 15.6 Å². The van der Waals surface area contributed by atoms with Crippen molar-refractivity contribution in [3.8, 4) is 5.75 Å². The molecule has 1 fully saturated rings. The van der Waals surface area contributed by atoms with Crippen LogP contribution >= 0.6 is 0 Å². The van der Waals surface area contributed by atoms with Crippen molar-refractivity contribution >= 4 is 16.9 Å². The molecule has 1 aliphatic heterocycles. The van der Waals surface area contributed by atoms with E-state index in [1.54, 1.807) is 14.2 Å².